The highest BCUT2D eigenvalue weighted by Crippen LogP contribution is 2.27. The van der Waals surface area contributed by atoms with Crippen LogP contribution in [0.2, 0.25) is 5.02 Å². The van der Waals surface area contributed by atoms with Crippen LogP contribution in [0.5, 0.6) is 0 Å². The van der Waals surface area contributed by atoms with E-state index in [1.54, 1.807) is 0 Å². The van der Waals surface area contributed by atoms with Crippen molar-refractivity contribution in [1.82, 2.24) is 9.21 Å². The predicted molar refractivity (Wildman–Crippen MR) is 101 cm³/mol. The maximum Gasteiger partial charge on any atom is 0.406 e. The van der Waals surface area contributed by atoms with E-state index in [1.807, 2.05) is 0 Å². The lowest BCUT2D eigenvalue weighted by atomic mass is 10.2. The van der Waals surface area contributed by atoms with Crippen molar-refractivity contribution in [3.63, 3.8) is 0 Å². The Morgan fingerprint density at radius 2 is 1.90 bits per heavy atom. The summed E-state index contributed by atoms with van der Waals surface area (Å²) in [5.41, 5.74) is -0.346. The van der Waals surface area contributed by atoms with Crippen molar-refractivity contribution in [3.8, 4) is 0 Å². The monoisotopic (exact) mass is 466 g/mol. The lowest BCUT2D eigenvalue weighted by molar-refractivity contribution is -0.142. The van der Waals surface area contributed by atoms with Crippen molar-refractivity contribution >= 4 is 27.5 Å². The Labute approximate surface area is 176 Å². The van der Waals surface area contributed by atoms with E-state index < -0.39 is 35.2 Å². The number of morpholine rings is 1. The minimum atomic E-state index is -4.67. The average molecular weight is 467 g/mol. The number of alkyl halides is 3. The number of nitrogens with zero attached hydrogens (tertiary/aromatic N) is 2. The normalized spacial score (nSPS) is 15.9. The molecule has 1 saturated heterocycles. The molecule has 1 aromatic carbocycles. The molecule has 7 nitrogen and oxygen atoms in total. The van der Waals surface area contributed by atoms with Crippen LogP contribution < -0.4 is 0 Å². The highest BCUT2D eigenvalue weighted by atomic mass is 35.5. The molecule has 1 aromatic heterocycles. The third kappa shape index (κ3) is 5.34. The van der Waals surface area contributed by atoms with Crippen molar-refractivity contribution in [3.05, 3.63) is 52.9 Å². The first-order chi connectivity index (χ1) is 14.1. The van der Waals surface area contributed by atoms with Gasteiger partial charge in [-0.05, 0) is 30.3 Å². The molecule has 1 aliphatic rings. The average Bonchev–Trinajstić information content (AvgIpc) is 3.20. The Hall–Kier alpha value is -2.08. The molecule has 12 heteroatoms. The number of amides is 1. The van der Waals surface area contributed by atoms with Crippen molar-refractivity contribution in [2.75, 3.05) is 32.8 Å². The van der Waals surface area contributed by atoms with Crippen LogP contribution >= 0.6 is 11.6 Å². The SMILES string of the molecule is O=C(c1cc(S(=O)(=O)N2CCOCC2)ccc1Cl)N(Cc1ccco1)CC(F)(F)F. The molecule has 0 atom stereocenters. The molecule has 164 valence electrons. The molecule has 3 rings (SSSR count). The lowest BCUT2D eigenvalue weighted by Gasteiger charge is -2.27. The Morgan fingerprint density at radius 3 is 2.50 bits per heavy atom. The van der Waals surface area contributed by atoms with Crippen LogP contribution in [0.1, 0.15) is 16.1 Å². The third-order valence-corrected chi connectivity index (χ3v) is 6.58. The Morgan fingerprint density at radius 1 is 1.20 bits per heavy atom. The van der Waals surface area contributed by atoms with Crippen LogP contribution in [-0.2, 0) is 21.3 Å². The fraction of sp³-hybridized carbons (Fsp3) is 0.389. The van der Waals surface area contributed by atoms with E-state index in [0.717, 1.165) is 6.07 Å². The zero-order valence-corrected chi connectivity index (χ0v) is 17.1. The van der Waals surface area contributed by atoms with E-state index in [1.165, 1.54) is 34.8 Å². The number of carbonyl (C=O) groups is 1. The van der Waals surface area contributed by atoms with Gasteiger partial charge in [-0.2, -0.15) is 17.5 Å². The van der Waals surface area contributed by atoms with E-state index in [4.69, 9.17) is 20.8 Å². The molecule has 0 saturated carbocycles. The molecule has 0 bridgehead atoms. The second-order valence-corrected chi connectivity index (χ2v) is 8.86. The summed E-state index contributed by atoms with van der Waals surface area (Å²) in [5.74, 6) is -0.923. The summed E-state index contributed by atoms with van der Waals surface area (Å²) in [6.45, 7) is -1.30. The Bertz CT molecular complexity index is 990. The molecular formula is C18H18ClF3N2O5S. The number of halogens is 4. The van der Waals surface area contributed by atoms with Crippen LogP contribution in [0.3, 0.4) is 0 Å². The number of benzene rings is 1. The lowest BCUT2D eigenvalue weighted by Crippen LogP contribution is -2.41. The van der Waals surface area contributed by atoms with E-state index in [9.17, 15) is 26.4 Å². The second-order valence-electron chi connectivity index (χ2n) is 6.51. The minimum absolute atomic E-state index is 0.132. The first-order valence-electron chi connectivity index (χ1n) is 8.84. The topological polar surface area (TPSA) is 80.1 Å². The van der Waals surface area contributed by atoms with Gasteiger partial charge < -0.3 is 14.1 Å². The smallest absolute Gasteiger partial charge is 0.406 e. The summed E-state index contributed by atoms with van der Waals surface area (Å²) < 4.78 is 76.2. The van der Waals surface area contributed by atoms with Crippen LogP contribution in [0.25, 0.3) is 0 Å². The molecule has 1 fully saturated rings. The summed E-state index contributed by atoms with van der Waals surface area (Å²) in [7, 11) is -3.96. The standard InChI is InChI=1S/C18H18ClF3N2O5S/c19-16-4-3-14(30(26,27)24-5-8-28-9-6-24)10-15(16)17(25)23(12-18(20,21)22)11-13-2-1-7-29-13/h1-4,7,10H,5-6,8-9,11-12H2. The molecule has 30 heavy (non-hydrogen) atoms. The second kappa shape index (κ2) is 8.96. The maximum atomic E-state index is 13.1. The highest BCUT2D eigenvalue weighted by Gasteiger charge is 2.35. The van der Waals surface area contributed by atoms with Crippen molar-refractivity contribution in [2.45, 2.75) is 17.6 Å². The highest BCUT2D eigenvalue weighted by molar-refractivity contribution is 7.89. The van der Waals surface area contributed by atoms with Gasteiger partial charge in [-0.3, -0.25) is 4.79 Å². The summed E-state index contributed by atoms with van der Waals surface area (Å²) >= 11 is 6.04. The van der Waals surface area contributed by atoms with E-state index in [2.05, 4.69) is 0 Å². The Balaban J connectivity index is 1.93. The molecule has 0 aliphatic carbocycles. The van der Waals surface area contributed by atoms with Crippen LogP contribution in [0.15, 0.2) is 45.9 Å². The largest absolute Gasteiger partial charge is 0.467 e. The van der Waals surface area contributed by atoms with Crippen LogP contribution in [0, 0.1) is 0 Å². The van der Waals surface area contributed by atoms with Gasteiger partial charge in [-0.1, -0.05) is 11.6 Å². The molecule has 2 heterocycles. The molecule has 1 amide bonds. The summed E-state index contributed by atoms with van der Waals surface area (Å²) in [5, 5.41) is -0.160. The summed E-state index contributed by atoms with van der Waals surface area (Å²) in [6.07, 6.45) is -3.40. The van der Waals surface area contributed by atoms with Crippen molar-refractivity contribution in [1.29, 1.82) is 0 Å². The summed E-state index contributed by atoms with van der Waals surface area (Å²) in [4.78, 5) is 13.2. The van der Waals surface area contributed by atoms with Gasteiger partial charge in [-0.15, -0.1) is 0 Å². The molecule has 0 unspecified atom stereocenters. The number of rotatable bonds is 6. The van der Waals surface area contributed by atoms with Crippen LogP contribution in [0.4, 0.5) is 13.2 Å². The van der Waals surface area contributed by atoms with E-state index in [-0.39, 0.29) is 47.5 Å². The fourth-order valence-electron chi connectivity index (χ4n) is 2.94. The van der Waals surface area contributed by atoms with E-state index >= 15 is 0 Å². The zero-order valence-electron chi connectivity index (χ0n) is 15.6. The number of hydrogen-bond donors (Lipinski definition) is 0. The quantitative estimate of drug-likeness (QED) is 0.653. The van der Waals surface area contributed by atoms with Crippen molar-refractivity contribution in [2.24, 2.45) is 0 Å². The fourth-order valence-corrected chi connectivity index (χ4v) is 4.57. The number of furan rings is 1. The van der Waals surface area contributed by atoms with Gasteiger partial charge in [0.15, 0.2) is 0 Å². The zero-order chi connectivity index (χ0) is 21.9. The van der Waals surface area contributed by atoms with Gasteiger partial charge >= 0.3 is 6.18 Å². The molecule has 0 N–H and O–H groups in total. The van der Waals surface area contributed by atoms with E-state index in [0.29, 0.717) is 4.90 Å². The summed E-state index contributed by atoms with van der Waals surface area (Å²) in [6, 6.07) is 6.30. The van der Waals surface area contributed by atoms with Gasteiger partial charge in [0.25, 0.3) is 5.91 Å². The molecule has 0 radical (unpaired) electrons. The number of carbonyl (C=O) groups excluding carboxylic acids is 1. The Kier molecular flexibility index (Phi) is 6.75. The van der Waals surface area contributed by atoms with Gasteiger partial charge in [0.2, 0.25) is 10.0 Å². The number of ether oxygens (including phenoxy) is 1. The first kappa shape index (κ1) is 22.6. The van der Waals surface area contributed by atoms with Gasteiger partial charge in [0.05, 0.1) is 41.5 Å². The molecule has 2 aromatic rings. The third-order valence-electron chi connectivity index (χ3n) is 4.36. The van der Waals surface area contributed by atoms with Gasteiger partial charge in [0, 0.05) is 13.1 Å². The maximum absolute atomic E-state index is 13.1. The number of sulfonamides is 1. The first-order valence-corrected chi connectivity index (χ1v) is 10.7. The minimum Gasteiger partial charge on any atom is -0.467 e. The van der Waals surface area contributed by atoms with Crippen LogP contribution in [-0.4, -0.2) is 62.6 Å². The van der Waals surface area contributed by atoms with Gasteiger partial charge in [0.1, 0.15) is 12.3 Å². The van der Waals surface area contributed by atoms with Crippen molar-refractivity contribution < 1.29 is 35.5 Å². The molecule has 1 aliphatic heterocycles. The molecular weight excluding hydrogens is 449 g/mol. The number of hydrogen-bond acceptors (Lipinski definition) is 5. The van der Waals surface area contributed by atoms with Gasteiger partial charge in [-0.25, -0.2) is 8.42 Å². The predicted octanol–water partition coefficient (Wildman–Crippen LogP) is 3.16. The molecule has 0 spiro atoms.